The molecule has 1 fully saturated rings. The minimum absolute atomic E-state index is 0.0384. The molecule has 0 aromatic heterocycles. The fourth-order valence-electron chi connectivity index (χ4n) is 4.18. The molecule has 3 aromatic carbocycles. The lowest BCUT2D eigenvalue weighted by Crippen LogP contribution is -2.54. The summed E-state index contributed by atoms with van der Waals surface area (Å²) in [5.41, 5.74) is 3.88. The average Bonchev–Trinajstić information content (AvgIpc) is 2.89. The first kappa shape index (κ1) is 26.7. The van der Waals surface area contributed by atoms with Crippen LogP contribution in [0.3, 0.4) is 0 Å². The van der Waals surface area contributed by atoms with Gasteiger partial charge < -0.3 is 18.9 Å². The summed E-state index contributed by atoms with van der Waals surface area (Å²) in [5.74, 6) is 1.20. The summed E-state index contributed by atoms with van der Waals surface area (Å²) in [6.07, 6.45) is 1.51. The van der Waals surface area contributed by atoms with Crippen LogP contribution in [0.15, 0.2) is 60.2 Å². The molecule has 0 unspecified atom stereocenters. The standard InChI is InChI=1S/C29H28N2O6S/c1-17-10-18(2)12-21(11-17)31-28(33)23(27(32)30-29(31)38)13-19-6-8-25(26(14-19)36-5)37-16-20-15-22(34-3)7-9-24(20)35-4/h6-15H,16H2,1-5H3,(H,30,32,38)/b23-13+. The lowest BCUT2D eigenvalue weighted by molar-refractivity contribution is -0.122. The fourth-order valence-corrected chi connectivity index (χ4v) is 4.46. The molecule has 0 saturated carbocycles. The van der Waals surface area contributed by atoms with E-state index >= 15 is 0 Å². The summed E-state index contributed by atoms with van der Waals surface area (Å²) < 4.78 is 22.2. The smallest absolute Gasteiger partial charge is 0.270 e. The van der Waals surface area contributed by atoms with Crippen LogP contribution in [0.4, 0.5) is 5.69 Å². The van der Waals surface area contributed by atoms with Crippen LogP contribution in [0.5, 0.6) is 23.0 Å². The number of nitrogens with one attached hydrogen (secondary N) is 1. The van der Waals surface area contributed by atoms with Crippen LogP contribution >= 0.6 is 12.2 Å². The van der Waals surface area contributed by atoms with Crippen molar-refractivity contribution < 1.29 is 28.5 Å². The van der Waals surface area contributed by atoms with Crippen molar-refractivity contribution >= 4 is 40.9 Å². The van der Waals surface area contributed by atoms with Crippen molar-refractivity contribution in [2.45, 2.75) is 20.5 Å². The van der Waals surface area contributed by atoms with Gasteiger partial charge in [-0.2, -0.15) is 0 Å². The number of hydrogen-bond acceptors (Lipinski definition) is 7. The first-order valence-corrected chi connectivity index (χ1v) is 12.2. The zero-order chi connectivity index (χ0) is 27.4. The maximum atomic E-state index is 13.4. The van der Waals surface area contributed by atoms with Gasteiger partial charge in [-0.25, -0.2) is 0 Å². The van der Waals surface area contributed by atoms with Gasteiger partial charge in [-0.3, -0.25) is 19.8 Å². The number of hydrogen-bond donors (Lipinski definition) is 1. The molecule has 0 spiro atoms. The number of carbonyl (C=O) groups is 2. The third-order valence-corrected chi connectivity index (χ3v) is 6.22. The number of rotatable bonds is 8. The molecule has 196 valence electrons. The van der Waals surface area contributed by atoms with Gasteiger partial charge in [-0.05, 0) is 91.3 Å². The summed E-state index contributed by atoms with van der Waals surface area (Å²) >= 11 is 5.32. The van der Waals surface area contributed by atoms with Crippen molar-refractivity contribution in [3.63, 3.8) is 0 Å². The molecule has 1 saturated heterocycles. The van der Waals surface area contributed by atoms with Crippen molar-refractivity contribution in [1.29, 1.82) is 0 Å². The van der Waals surface area contributed by atoms with E-state index in [4.69, 9.17) is 31.2 Å². The topological polar surface area (TPSA) is 86.3 Å². The highest BCUT2D eigenvalue weighted by Crippen LogP contribution is 2.32. The van der Waals surface area contributed by atoms with Crippen molar-refractivity contribution in [3.05, 3.63) is 82.4 Å². The monoisotopic (exact) mass is 532 g/mol. The van der Waals surface area contributed by atoms with Crippen LogP contribution in [-0.2, 0) is 16.2 Å². The van der Waals surface area contributed by atoms with E-state index in [0.29, 0.717) is 34.2 Å². The highest BCUT2D eigenvalue weighted by atomic mass is 32.1. The highest BCUT2D eigenvalue weighted by molar-refractivity contribution is 7.80. The number of thiocarbonyl (C=S) groups is 1. The Bertz CT molecular complexity index is 1430. The summed E-state index contributed by atoms with van der Waals surface area (Å²) in [6.45, 7) is 4.08. The van der Waals surface area contributed by atoms with Crippen LogP contribution < -0.4 is 29.2 Å². The highest BCUT2D eigenvalue weighted by Gasteiger charge is 2.34. The molecule has 8 nitrogen and oxygen atoms in total. The Morgan fingerprint density at radius 3 is 2.18 bits per heavy atom. The third-order valence-electron chi connectivity index (χ3n) is 5.94. The molecule has 1 aliphatic heterocycles. The number of amides is 2. The zero-order valence-electron chi connectivity index (χ0n) is 21.8. The maximum Gasteiger partial charge on any atom is 0.270 e. The molecule has 0 radical (unpaired) electrons. The number of aryl methyl sites for hydroxylation is 2. The molecular formula is C29H28N2O6S. The average molecular weight is 533 g/mol. The summed E-state index contributed by atoms with van der Waals surface area (Å²) in [6, 6.07) is 16.3. The third kappa shape index (κ3) is 5.63. The second-order valence-electron chi connectivity index (χ2n) is 8.68. The molecule has 1 aliphatic rings. The first-order chi connectivity index (χ1) is 18.2. The van der Waals surface area contributed by atoms with Crippen molar-refractivity contribution in [2.24, 2.45) is 0 Å². The van der Waals surface area contributed by atoms with Gasteiger partial charge in [0.2, 0.25) is 0 Å². The van der Waals surface area contributed by atoms with E-state index < -0.39 is 11.8 Å². The van der Waals surface area contributed by atoms with Gasteiger partial charge in [0.1, 0.15) is 23.7 Å². The lowest BCUT2D eigenvalue weighted by atomic mass is 10.1. The molecule has 0 bridgehead atoms. The molecule has 9 heteroatoms. The minimum atomic E-state index is -0.565. The molecule has 38 heavy (non-hydrogen) atoms. The summed E-state index contributed by atoms with van der Waals surface area (Å²) in [7, 11) is 4.70. The zero-order valence-corrected chi connectivity index (χ0v) is 22.6. The number of benzene rings is 3. The molecule has 0 atom stereocenters. The Balaban J connectivity index is 1.60. The minimum Gasteiger partial charge on any atom is -0.497 e. The first-order valence-electron chi connectivity index (χ1n) is 11.8. The van der Waals surface area contributed by atoms with Gasteiger partial charge >= 0.3 is 0 Å². The van der Waals surface area contributed by atoms with Gasteiger partial charge in [0.05, 0.1) is 27.0 Å². The lowest BCUT2D eigenvalue weighted by Gasteiger charge is -2.29. The van der Waals surface area contributed by atoms with Crippen molar-refractivity contribution in [2.75, 3.05) is 26.2 Å². The van der Waals surface area contributed by atoms with E-state index in [1.54, 1.807) is 32.4 Å². The van der Waals surface area contributed by atoms with Crippen LogP contribution in [0.1, 0.15) is 22.3 Å². The van der Waals surface area contributed by atoms with Gasteiger partial charge in [0.15, 0.2) is 16.6 Å². The second-order valence-corrected chi connectivity index (χ2v) is 9.07. The predicted molar refractivity (Wildman–Crippen MR) is 149 cm³/mol. The molecule has 0 aliphatic carbocycles. The number of ether oxygens (including phenoxy) is 4. The van der Waals surface area contributed by atoms with Crippen LogP contribution in [0, 0.1) is 13.8 Å². The quantitative estimate of drug-likeness (QED) is 0.255. The van der Waals surface area contributed by atoms with Crippen LogP contribution in [-0.4, -0.2) is 38.3 Å². The van der Waals surface area contributed by atoms with E-state index in [1.165, 1.54) is 18.1 Å². The molecular weight excluding hydrogens is 504 g/mol. The Kier molecular flexibility index (Phi) is 7.97. The Morgan fingerprint density at radius 2 is 1.53 bits per heavy atom. The van der Waals surface area contributed by atoms with E-state index in [1.807, 2.05) is 50.2 Å². The number of carbonyl (C=O) groups excluding carboxylic acids is 2. The molecule has 4 rings (SSSR count). The summed E-state index contributed by atoms with van der Waals surface area (Å²) in [4.78, 5) is 27.5. The molecule has 1 N–H and O–H groups in total. The van der Waals surface area contributed by atoms with Crippen molar-refractivity contribution in [3.8, 4) is 23.0 Å². The van der Waals surface area contributed by atoms with Crippen LogP contribution in [0.2, 0.25) is 0 Å². The predicted octanol–water partition coefficient (Wildman–Crippen LogP) is 4.74. The van der Waals surface area contributed by atoms with E-state index in [-0.39, 0.29) is 17.3 Å². The fraction of sp³-hybridized carbons (Fsp3) is 0.207. The Morgan fingerprint density at radius 1 is 0.842 bits per heavy atom. The number of nitrogens with zero attached hydrogens (tertiary/aromatic N) is 1. The number of anilines is 1. The molecule has 1 heterocycles. The Labute approximate surface area is 226 Å². The van der Waals surface area contributed by atoms with E-state index in [0.717, 1.165) is 16.7 Å². The SMILES string of the molecule is COc1ccc(OC)c(COc2ccc(/C=C3\C(=O)NC(=S)N(c4cc(C)cc(C)c4)C3=O)cc2OC)c1. The van der Waals surface area contributed by atoms with Gasteiger partial charge in [-0.15, -0.1) is 0 Å². The molecule has 3 aromatic rings. The van der Waals surface area contributed by atoms with Crippen LogP contribution in [0.25, 0.3) is 6.08 Å². The van der Waals surface area contributed by atoms with Gasteiger partial charge in [0.25, 0.3) is 11.8 Å². The van der Waals surface area contributed by atoms with Gasteiger partial charge in [-0.1, -0.05) is 12.1 Å². The maximum absolute atomic E-state index is 13.4. The normalized spacial score (nSPS) is 14.4. The van der Waals surface area contributed by atoms with E-state index in [2.05, 4.69) is 5.32 Å². The summed E-state index contributed by atoms with van der Waals surface area (Å²) in [5, 5.41) is 2.66. The Hall–Kier alpha value is -4.37. The van der Waals surface area contributed by atoms with Gasteiger partial charge in [0, 0.05) is 5.56 Å². The molecule has 2 amide bonds. The largest absolute Gasteiger partial charge is 0.497 e. The second kappa shape index (κ2) is 11.4. The number of methoxy groups -OCH3 is 3. The van der Waals surface area contributed by atoms with E-state index in [9.17, 15) is 9.59 Å². The van der Waals surface area contributed by atoms with Crippen molar-refractivity contribution in [1.82, 2.24) is 5.32 Å².